The number of aromatic nitrogens is 2. The van der Waals surface area contributed by atoms with Gasteiger partial charge in [0, 0.05) is 19.3 Å². The molecule has 1 aliphatic rings. The average molecular weight is 308 g/mol. The van der Waals surface area contributed by atoms with Gasteiger partial charge in [-0.1, -0.05) is 17.7 Å². The van der Waals surface area contributed by atoms with Crippen molar-refractivity contribution in [3.8, 4) is 0 Å². The van der Waals surface area contributed by atoms with Crippen molar-refractivity contribution in [2.24, 2.45) is 5.92 Å². The lowest BCUT2D eigenvalue weighted by atomic mass is 9.98. The molecular weight excluding hydrogens is 294 g/mol. The number of carboxylic acids is 1. The van der Waals surface area contributed by atoms with Crippen LogP contribution in [-0.2, 0) is 4.79 Å². The predicted molar refractivity (Wildman–Crippen MR) is 76.5 cm³/mol. The summed E-state index contributed by atoms with van der Waals surface area (Å²) in [5.41, 5.74) is 0.885. The van der Waals surface area contributed by atoms with Crippen molar-refractivity contribution >= 4 is 29.1 Å². The van der Waals surface area contributed by atoms with E-state index in [0.717, 1.165) is 0 Å². The fourth-order valence-corrected chi connectivity index (χ4v) is 2.93. The number of piperidine rings is 1. The van der Waals surface area contributed by atoms with Crippen LogP contribution in [0.15, 0.2) is 24.4 Å². The topological polar surface area (TPSA) is 74.9 Å². The normalized spacial score (nSPS) is 18.9. The van der Waals surface area contributed by atoms with Crippen molar-refractivity contribution in [3.63, 3.8) is 0 Å². The van der Waals surface area contributed by atoms with Crippen LogP contribution in [0.5, 0.6) is 0 Å². The number of hydrogen-bond acceptors (Lipinski definition) is 3. The van der Waals surface area contributed by atoms with E-state index in [0.29, 0.717) is 30.7 Å². The quantitative estimate of drug-likeness (QED) is 0.920. The molecule has 0 spiro atoms. The number of rotatable bonds is 2. The molecule has 1 atom stereocenters. The third-order valence-electron chi connectivity index (χ3n) is 3.75. The fraction of sp³-hybridized carbons (Fsp3) is 0.357. The summed E-state index contributed by atoms with van der Waals surface area (Å²) in [6.45, 7) is 0.754. The standard InChI is InChI=1S/C14H14ClN3O3/c15-12-11(18-7-2-1-5-10(18)16-12)13(19)17-6-3-4-9(8-17)14(20)21/h1-2,5,7,9H,3-4,6,8H2,(H,20,21). The first kappa shape index (κ1) is 13.9. The van der Waals surface area contributed by atoms with Crippen LogP contribution in [-0.4, -0.2) is 44.4 Å². The zero-order chi connectivity index (χ0) is 15.0. The highest BCUT2D eigenvalue weighted by atomic mass is 35.5. The van der Waals surface area contributed by atoms with Crippen molar-refractivity contribution in [3.05, 3.63) is 35.2 Å². The van der Waals surface area contributed by atoms with E-state index >= 15 is 0 Å². The molecule has 1 amide bonds. The minimum atomic E-state index is -0.864. The minimum absolute atomic E-state index is 0.142. The maximum atomic E-state index is 12.7. The van der Waals surface area contributed by atoms with Crippen LogP contribution < -0.4 is 0 Å². The third kappa shape index (κ3) is 2.47. The Kier molecular flexibility index (Phi) is 3.55. The van der Waals surface area contributed by atoms with E-state index < -0.39 is 11.9 Å². The number of amides is 1. The van der Waals surface area contributed by atoms with Crippen LogP contribution in [0, 0.1) is 5.92 Å². The zero-order valence-electron chi connectivity index (χ0n) is 11.2. The Bertz CT molecular complexity index is 713. The second kappa shape index (κ2) is 5.37. The number of fused-ring (bicyclic) bond motifs is 1. The number of carboxylic acid groups (broad SMARTS) is 1. The number of hydrogen-bond donors (Lipinski definition) is 1. The van der Waals surface area contributed by atoms with E-state index in [1.807, 2.05) is 6.07 Å². The smallest absolute Gasteiger partial charge is 0.308 e. The molecule has 0 radical (unpaired) electrons. The van der Waals surface area contributed by atoms with Crippen LogP contribution in [0.2, 0.25) is 5.15 Å². The molecule has 7 heteroatoms. The summed E-state index contributed by atoms with van der Waals surface area (Å²) < 4.78 is 1.63. The Labute approximate surface area is 125 Å². The maximum absolute atomic E-state index is 12.7. The van der Waals surface area contributed by atoms with Crippen molar-refractivity contribution < 1.29 is 14.7 Å². The lowest BCUT2D eigenvalue weighted by molar-refractivity contribution is -0.143. The minimum Gasteiger partial charge on any atom is -0.481 e. The van der Waals surface area contributed by atoms with E-state index in [4.69, 9.17) is 16.7 Å². The second-order valence-electron chi connectivity index (χ2n) is 5.11. The summed E-state index contributed by atoms with van der Waals surface area (Å²) in [6, 6.07) is 5.37. The second-order valence-corrected chi connectivity index (χ2v) is 5.47. The number of halogens is 1. The van der Waals surface area contributed by atoms with E-state index in [1.54, 1.807) is 27.6 Å². The lowest BCUT2D eigenvalue weighted by Crippen LogP contribution is -2.42. The Morgan fingerprint density at radius 2 is 2.19 bits per heavy atom. The fourth-order valence-electron chi connectivity index (χ4n) is 2.67. The Hall–Kier alpha value is -2.08. The molecule has 3 heterocycles. The third-order valence-corrected chi connectivity index (χ3v) is 4.01. The van der Waals surface area contributed by atoms with E-state index in [1.165, 1.54) is 0 Å². The van der Waals surface area contributed by atoms with Gasteiger partial charge in [0.2, 0.25) is 0 Å². The van der Waals surface area contributed by atoms with Crippen LogP contribution in [0.25, 0.3) is 5.65 Å². The molecule has 1 saturated heterocycles. The lowest BCUT2D eigenvalue weighted by Gasteiger charge is -2.30. The molecule has 1 aliphatic heterocycles. The summed E-state index contributed by atoms with van der Waals surface area (Å²) in [5, 5.41) is 9.26. The number of carbonyl (C=O) groups is 2. The monoisotopic (exact) mass is 307 g/mol. The van der Waals surface area contributed by atoms with Gasteiger partial charge < -0.3 is 10.0 Å². The number of nitrogens with zero attached hydrogens (tertiary/aromatic N) is 3. The predicted octanol–water partition coefficient (Wildman–Crippen LogP) is 1.92. The molecule has 0 bridgehead atoms. The molecule has 6 nitrogen and oxygen atoms in total. The highest BCUT2D eigenvalue weighted by molar-refractivity contribution is 6.32. The van der Waals surface area contributed by atoms with E-state index in [-0.39, 0.29) is 17.6 Å². The molecule has 1 unspecified atom stereocenters. The number of likely N-dealkylation sites (tertiary alicyclic amines) is 1. The molecule has 1 fully saturated rings. The molecule has 0 saturated carbocycles. The van der Waals surface area contributed by atoms with E-state index in [2.05, 4.69) is 4.98 Å². The number of pyridine rings is 1. The van der Waals surface area contributed by atoms with Gasteiger partial charge in [0.05, 0.1) is 5.92 Å². The molecule has 0 aromatic carbocycles. The van der Waals surface area contributed by atoms with Crippen molar-refractivity contribution in [2.45, 2.75) is 12.8 Å². The summed E-state index contributed by atoms with van der Waals surface area (Å²) in [5.74, 6) is -1.65. The van der Waals surface area contributed by atoms with Gasteiger partial charge in [-0.2, -0.15) is 0 Å². The highest BCUT2D eigenvalue weighted by Gasteiger charge is 2.31. The largest absolute Gasteiger partial charge is 0.481 e. The van der Waals surface area contributed by atoms with Crippen molar-refractivity contribution in [1.29, 1.82) is 0 Å². The number of aliphatic carboxylic acids is 1. The molecule has 110 valence electrons. The average Bonchev–Trinajstić information content (AvgIpc) is 2.82. The van der Waals surface area contributed by atoms with Gasteiger partial charge in [0.1, 0.15) is 5.65 Å². The molecule has 3 rings (SSSR count). The first-order chi connectivity index (χ1) is 10.1. The SMILES string of the molecule is O=C(O)C1CCCN(C(=O)c2c(Cl)nc3ccccn23)C1. The summed E-state index contributed by atoms with van der Waals surface area (Å²) in [6.07, 6.45) is 3.00. The highest BCUT2D eigenvalue weighted by Crippen LogP contribution is 2.23. The summed E-state index contributed by atoms with van der Waals surface area (Å²) in [7, 11) is 0. The van der Waals surface area contributed by atoms with Gasteiger partial charge in [-0.15, -0.1) is 0 Å². The van der Waals surface area contributed by atoms with Gasteiger partial charge >= 0.3 is 5.97 Å². The van der Waals surface area contributed by atoms with Gasteiger partial charge in [-0.05, 0) is 25.0 Å². The molecule has 1 N–H and O–H groups in total. The first-order valence-electron chi connectivity index (χ1n) is 6.72. The zero-order valence-corrected chi connectivity index (χ0v) is 12.0. The van der Waals surface area contributed by atoms with Gasteiger partial charge in [-0.25, -0.2) is 4.98 Å². The Morgan fingerprint density at radius 1 is 1.38 bits per heavy atom. The summed E-state index contributed by atoms with van der Waals surface area (Å²) in [4.78, 5) is 29.5. The maximum Gasteiger partial charge on any atom is 0.308 e. The van der Waals surface area contributed by atoms with Gasteiger partial charge in [-0.3, -0.25) is 14.0 Å². The Balaban J connectivity index is 1.93. The number of imidazole rings is 1. The van der Waals surface area contributed by atoms with Crippen LogP contribution in [0.1, 0.15) is 23.3 Å². The van der Waals surface area contributed by atoms with Crippen LogP contribution in [0.3, 0.4) is 0 Å². The molecule has 2 aromatic rings. The molecule has 2 aromatic heterocycles. The molecule has 0 aliphatic carbocycles. The van der Waals surface area contributed by atoms with Gasteiger partial charge in [0.15, 0.2) is 10.8 Å². The van der Waals surface area contributed by atoms with Crippen molar-refractivity contribution in [2.75, 3.05) is 13.1 Å². The van der Waals surface area contributed by atoms with Gasteiger partial charge in [0.25, 0.3) is 5.91 Å². The molecular formula is C14H14ClN3O3. The first-order valence-corrected chi connectivity index (χ1v) is 7.10. The molecule has 21 heavy (non-hydrogen) atoms. The number of carbonyl (C=O) groups excluding carboxylic acids is 1. The van der Waals surface area contributed by atoms with Crippen molar-refractivity contribution in [1.82, 2.24) is 14.3 Å². The van der Waals surface area contributed by atoms with Crippen LogP contribution >= 0.6 is 11.6 Å². The Morgan fingerprint density at radius 3 is 2.95 bits per heavy atom. The summed E-state index contributed by atoms with van der Waals surface area (Å²) >= 11 is 6.08. The van der Waals surface area contributed by atoms with Crippen LogP contribution in [0.4, 0.5) is 0 Å². The van der Waals surface area contributed by atoms with E-state index in [9.17, 15) is 9.59 Å².